The maximum absolute atomic E-state index is 13.0. The van der Waals surface area contributed by atoms with Gasteiger partial charge in [-0.2, -0.15) is 0 Å². The molecule has 0 N–H and O–H groups in total. The Balaban J connectivity index is 1.91. The van der Waals surface area contributed by atoms with Crippen molar-refractivity contribution in [3.63, 3.8) is 0 Å². The second kappa shape index (κ2) is 6.83. The van der Waals surface area contributed by atoms with Crippen molar-refractivity contribution in [3.8, 4) is 0 Å². The maximum Gasteiger partial charge on any atom is 0.320 e. The van der Waals surface area contributed by atoms with Crippen LogP contribution in [0.25, 0.3) is 6.08 Å². The lowest BCUT2D eigenvalue weighted by molar-refractivity contribution is -0.150. The van der Waals surface area contributed by atoms with E-state index in [1.165, 1.54) is 7.11 Å². The first-order chi connectivity index (χ1) is 11.7. The van der Waals surface area contributed by atoms with Crippen LogP contribution in [-0.2, 0) is 16.0 Å². The van der Waals surface area contributed by atoms with Crippen LogP contribution >= 0.6 is 0 Å². The van der Waals surface area contributed by atoms with E-state index in [-0.39, 0.29) is 5.78 Å². The first-order valence-electron chi connectivity index (χ1n) is 8.10. The number of benzene rings is 2. The molecule has 0 radical (unpaired) electrons. The van der Waals surface area contributed by atoms with Crippen LogP contribution in [0.3, 0.4) is 0 Å². The minimum Gasteiger partial charge on any atom is -0.468 e. The molecule has 122 valence electrons. The number of allylic oxidation sites excluding steroid dienone is 1. The number of ether oxygens (including phenoxy) is 1. The first-order valence-corrected chi connectivity index (χ1v) is 8.10. The number of carbonyl (C=O) groups excluding carboxylic acids is 2. The third kappa shape index (κ3) is 2.90. The quantitative estimate of drug-likeness (QED) is 0.630. The lowest BCUT2D eigenvalue weighted by atomic mass is 9.68. The van der Waals surface area contributed by atoms with Gasteiger partial charge in [0.25, 0.3) is 0 Å². The Morgan fingerprint density at radius 1 is 1.12 bits per heavy atom. The maximum atomic E-state index is 13.0. The SMILES string of the molecule is COC(=O)[C@@]1(C/C=C/c2ccccc2)CCc2ccccc2C1=O. The third-order valence-electron chi connectivity index (χ3n) is 4.67. The number of aryl methyl sites for hydroxylation is 1. The molecule has 0 saturated heterocycles. The molecule has 0 fully saturated rings. The topological polar surface area (TPSA) is 43.4 Å². The molecular formula is C21H20O3. The largest absolute Gasteiger partial charge is 0.468 e. The lowest BCUT2D eigenvalue weighted by Crippen LogP contribution is -2.43. The number of Topliss-reactive ketones (excluding diaryl/α,β-unsaturated/α-hetero) is 1. The van der Waals surface area contributed by atoms with Crippen LogP contribution in [0.15, 0.2) is 60.7 Å². The van der Waals surface area contributed by atoms with Gasteiger partial charge < -0.3 is 4.74 Å². The molecule has 2 aromatic rings. The second-order valence-corrected chi connectivity index (χ2v) is 6.08. The van der Waals surface area contributed by atoms with Crippen LogP contribution in [0.1, 0.15) is 34.3 Å². The third-order valence-corrected chi connectivity index (χ3v) is 4.67. The molecule has 0 amide bonds. The van der Waals surface area contributed by atoms with Crippen molar-refractivity contribution in [3.05, 3.63) is 77.4 Å². The summed E-state index contributed by atoms with van der Waals surface area (Å²) in [5.41, 5.74) is 1.58. The fourth-order valence-corrected chi connectivity index (χ4v) is 3.31. The van der Waals surface area contributed by atoms with Crippen molar-refractivity contribution >= 4 is 17.8 Å². The van der Waals surface area contributed by atoms with Crippen LogP contribution in [0.5, 0.6) is 0 Å². The standard InChI is InChI=1S/C21H20O3/c1-24-20(23)21(14-7-10-16-8-3-2-4-9-16)15-13-17-11-5-6-12-18(17)19(21)22/h2-12H,13-15H2,1H3/b10-7+/t21-/m0/s1. The molecule has 0 aromatic heterocycles. The molecule has 3 nitrogen and oxygen atoms in total. The molecule has 0 unspecified atom stereocenters. The molecule has 1 aliphatic rings. The van der Waals surface area contributed by atoms with E-state index in [0.29, 0.717) is 24.8 Å². The lowest BCUT2D eigenvalue weighted by Gasteiger charge is -2.33. The normalized spacial score (nSPS) is 20.0. The highest BCUT2D eigenvalue weighted by Gasteiger charge is 2.48. The van der Waals surface area contributed by atoms with Crippen molar-refractivity contribution < 1.29 is 14.3 Å². The van der Waals surface area contributed by atoms with Gasteiger partial charge in [-0.3, -0.25) is 9.59 Å². The minimum atomic E-state index is -1.12. The highest BCUT2D eigenvalue weighted by Crippen LogP contribution is 2.40. The predicted molar refractivity (Wildman–Crippen MR) is 93.6 cm³/mol. The van der Waals surface area contributed by atoms with Crippen molar-refractivity contribution in [1.29, 1.82) is 0 Å². The van der Waals surface area contributed by atoms with Gasteiger partial charge in [-0.15, -0.1) is 0 Å². The Labute approximate surface area is 142 Å². The van der Waals surface area contributed by atoms with E-state index < -0.39 is 11.4 Å². The summed E-state index contributed by atoms with van der Waals surface area (Å²) in [6, 6.07) is 17.4. The Kier molecular flexibility index (Phi) is 4.61. The van der Waals surface area contributed by atoms with Crippen LogP contribution in [0, 0.1) is 5.41 Å². The van der Waals surface area contributed by atoms with Crippen molar-refractivity contribution in [2.24, 2.45) is 5.41 Å². The molecule has 2 aromatic carbocycles. The van der Waals surface area contributed by atoms with Gasteiger partial charge in [0.2, 0.25) is 0 Å². The molecule has 0 saturated carbocycles. The van der Waals surface area contributed by atoms with Gasteiger partial charge in [-0.05, 0) is 30.4 Å². The Morgan fingerprint density at radius 3 is 2.58 bits per heavy atom. The predicted octanol–water partition coefficient (Wildman–Crippen LogP) is 4.08. The fourth-order valence-electron chi connectivity index (χ4n) is 3.31. The number of hydrogen-bond acceptors (Lipinski definition) is 3. The van der Waals surface area contributed by atoms with Gasteiger partial charge in [0.05, 0.1) is 7.11 Å². The summed E-state index contributed by atoms with van der Waals surface area (Å²) >= 11 is 0. The molecular weight excluding hydrogens is 300 g/mol. The fraction of sp³-hybridized carbons (Fsp3) is 0.238. The summed E-state index contributed by atoms with van der Waals surface area (Å²) in [6.45, 7) is 0. The van der Waals surface area contributed by atoms with Gasteiger partial charge in [-0.1, -0.05) is 66.7 Å². The monoisotopic (exact) mass is 320 g/mol. The van der Waals surface area contributed by atoms with E-state index in [1.54, 1.807) is 6.07 Å². The zero-order valence-electron chi connectivity index (χ0n) is 13.7. The zero-order valence-corrected chi connectivity index (χ0v) is 13.7. The van der Waals surface area contributed by atoms with E-state index in [2.05, 4.69) is 0 Å². The molecule has 1 atom stereocenters. The Hall–Kier alpha value is -2.68. The minimum absolute atomic E-state index is 0.131. The molecule has 0 bridgehead atoms. The summed E-state index contributed by atoms with van der Waals surface area (Å²) in [5, 5.41) is 0. The highest BCUT2D eigenvalue weighted by molar-refractivity contribution is 6.14. The van der Waals surface area contributed by atoms with Crippen molar-refractivity contribution in [1.82, 2.24) is 0 Å². The molecule has 0 aliphatic heterocycles. The summed E-state index contributed by atoms with van der Waals surface area (Å²) in [6.07, 6.45) is 5.38. The smallest absolute Gasteiger partial charge is 0.320 e. The van der Waals surface area contributed by atoms with E-state index in [0.717, 1.165) is 11.1 Å². The Morgan fingerprint density at radius 2 is 1.83 bits per heavy atom. The van der Waals surface area contributed by atoms with Crippen LogP contribution in [0.2, 0.25) is 0 Å². The van der Waals surface area contributed by atoms with Gasteiger partial charge >= 0.3 is 5.97 Å². The van der Waals surface area contributed by atoms with Gasteiger partial charge in [0.1, 0.15) is 5.41 Å². The Bertz CT molecular complexity index is 777. The average molecular weight is 320 g/mol. The van der Waals surface area contributed by atoms with Crippen molar-refractivity contribution in [2.45, 2.75) is 19.3 Å². The second-order valence-electron chi connectivity index (χ2n) is 6.08. The van der Waals surface area contributed by atoms with Crippen LogP contribution < -0.4 is 0 Å². The van der Waals surface area contributed by atoms with E-state index in [1.807, 2.05) is 60.7 Å². The molecule has 3 heteroatoms. The summed E-state index contributed by atoms with van der Waals surface area (Å²) in [5.74, 6) is -0.575. The zero-order chi connectivity index (χ0) is 17.0. The van der Waals surface area contributed by atoms with E-state index in [4.69, 9.17) is 4.74 Å². The number of fused-ring (bicyclic) bond motifs is 1. The van der Waals surface area contributed by atoms with Crippen LogP contribution in [0.4, 0.5) is 0 Å². The van der Waals surface area contributed by atoms with Gasteiger partial charge in [0.15, 0.2) is 5.78 Å². The van der Waals surface area contributed by atoms with E-state index in [9.17, 15) is 9.59 Å². The number of rotatable bonds is 4. The number of hydrogen-bond donors (Lipinski definition) is 0. The molecule has 24 heavy (non-hydrogen) atoms. The summed E-state index contributed by atoms with van der Waals surface area (Å²) in [4.78, 5) is 25.5. The van der Waals surface area contributed by atoms with Crippen LogP contribution in [-0.4, -0.2) is 18.9 Å². The van der Waals surface area contributed by atoms with Crippen molar-refractivity contribution in [2.75, 3.05) is 7.11 Å². The molecule has 0 spiro atoms. The molecule has 3 rings (SSSR count). The summed E-state index contributed by atoms with van der Waals surface area (Å²) in [7, 11) is 1.35. The summed E-state index contributed by atoms with van der Waals surface area (Å²) < 4.78 is 4.99. The number of carbonyl (C=O) groups is 2. The molecule has 0 heterocycles. The van der Waals surface area contributed by atoms with Gasteiger partial charge in [0, 0.05) is 5.56 Å². The van der Waals surface area contributed by atoms with E-state index >= 15 is 0 Å². The number of methoxy groups -OCH3 is 1. The number of esters is 1. The average Bonchev–Trinajstić information content (AvgIpc) is 2.64. The number of ketones is 1. The first kappa shape index (κ1) is 16.2. The van der Waals surface area contributed by atoms with Gasteiger partial charge in [-0.25, -0.2) is 0 Å². The molecule has 1 aliphatic carbocycles. The highest BCUT2D eigenvalue weighted by atomic mass is 16.5.